The molecule has 1 aliphatic heterocycles. The van der Waals surface area contributed by atoms with Crippen LogP contribution in [0.4, 0.5) is 0 Å². The molecule has 227 valence electrons. The lowest BCUT2D eigenvalue weighted by Gasteiger charge is -2.57. The van der Waals surface area contributed by atoms with E-state index in [1.807, 2.05) is 65.1 Å². The van der Waals surface area contributed by atoms with E-state index < -0.39 is 53.0 Å². The predicted octanol–water partition coefficient (Wildman–Crippen LogP) is 6.44. The minimum atomic E-state index is -3.99. The van der Waals surface area contributed by atoms with E-state index in [4.69, 9.17) is 18.3 Å². The first kappa shape index (κ1) is 33.9. The second kappa shape index (κ2) is 12.2. The van der Waals surface area contributed by atoms with Gasteiger partial charge in [0.25, 0.3) is 0 Å². The van der Waals surface area contributed by atoms with Gasteiger partial charge in [0.1, 0.15) is 16.7 Å². The van der Waals surface area contributed by atoms with Gasteiger partial charge in [-0.05, 0) is 76.1 Å². The molecular weight excluding hydrogens is 621 g/mol. The zero-order valence-electron chi connectivity index (χ0n) is 25.3. The summed E-state index contributed by atoms with van der Waals surface area (Å²) in [4.78, 5) is 33.7. The van der Waals surface area contributed by atoms with Gasteiger partial charge in [0.15, 0.2) is 10.0 Å². The number of carbonyl (C=O) groups is 2. The van der Waals surface area contributed by atoms with Crippen molar-refractivity contribution >= 4 is 74.2 Å². The zero-order valence-corrected chi connectivity index (χ0v) is 29.6. The summed E-state index contributed by atoms with van der Waals surface area (Å²) in [6.45, 7) is 18.5. The van der Waals surface area contributed by atoms with Gasteiger partial charge in [0.05, 0.1) is 28.0 Å². The topological polar surface area (TPSA) is 112 Å². The molecule has 3 atom stereocenters. The highest BCUT2D eigenvalue weighted by molar-refractivity contribution is 8.77. The number of thiazole rings is 1. The summed E-state index contributed by atoms with van der Waals surface area (Å²) in [6.07, 6.45) is 0.885. The van der Waals surface area contributed by atoms with Gasteiger partial charge in [-0.2, -0.15) is 8.42 Å². The summed E-state index contributed by atoms with van der Waals surface area (Å²) in [6, 6.07) is 7.81. The fourth-order valence-electron chi connectivity index (χ4n) is 4.40. The Bertz CT molecular complexity index is 1410. The molecule has 0 bridgehead atoms. The normalized spacial score (nSPS) is 20.5. The maximum Gasteiger partial charge on any atom is 0.359 e. The molecule has 0 saturated carbocycles. The molecule has 0 spiro atoms. The Balaban J connectivity index is 2.13. The van der Waals surface area contributed by atoms with Crippen LogP contribution in [0.2, 0.25) is 13.1 Å². The van der Waals surface area contributed by atoms with Crippen molar-refractivity contribution in [2.75, 3.05) is 6.26 Å². The van der Waals surface area contributed by atoms with Crippen LogP contribution in [0.25, 0.3) is 10.2 Å². The lowest BCUT2D eigenvalue weighted by molar-refractivity contribution is -0.177. The maximum absolute atomic E-state index is 14.2. The van der Waals surface area contributed by atoms with E-state index in [0.717, 1.165) is 20.8 Å². The number of hydrogen-bond donors (Lipinski definition) is 0. The van der Waals surface area contributed by atoms with Crippen LogP contribution in [0.15, 0.2) is 40.1 Å². The van der Waals surface area contributed by atoms with Crippen molar-refractivity contribution in [2.45, 2.75) is 89.4 Å². The molecule has 1 aromatic carbocycles. The van der Waals surface area contributed by atoms with Crippen molar-refractivity contribution < 1.29 is 31.4 Å². The number of aromatic nitrogens is 1. The summed E-state index contributed by atoms with van der Waals surface area (Å²) < 4.78 is 43.3. The predicted molar refractivity (Wildman–Crippen MR) is 168 cm³/mol. The second-order valence-corrected chi connectivity index (χ2v) is 19.5. The van der Waals surface area contributed by atoms with Gasteiger partial charge in [-0.15, -0.1) is 11.3 Å². The summed E-state index contributed by atoms with van der Waals surface area (Å²) in [7, 11) is -2.46. The van der Waals surface area contributed by atoms with Crippen molar-refractivity contribution in [3.63, 3.8) is 0 Å². The van der Waals surface area contributed by atoms with Crippen molar-refractivity contribution in [2.24, 2.45) is 11.3 Å². The van der Waals surface area contributed by atoms with Crippen LogP contribution in [0.3, 0.4) is 0 Å². The molecule has 41 heavy (non-hydrogen) atoms. The summed E-state index contributed by atoms with van der Waals surface area (Å²) in [5, 5.41) is -0.620. The number of nitrogens with zero attached hydrogens (tertiary/aromatic N) is 2. The molecule has 1 aromatic heterocycles. The number of esters is 1. The molecule has 2 unspecified atom stereocenters. The smallest absolute Gasteiger partial charge is 0.359 e. The molecular formula is C27H39N2O7S4Si. The van der Waals surface area contributed by atoms with E-state index in [1.54, 1.807) is 20.8 Å². The molecule has 14 heteroatoms. The number of rotatable bonds is 10. The largest absolute Gasteiger partial charge is 0.455 e. The fourth-order valence-corrected chi connectivity index (χ4v) is 10.3. The van der Waals surface area contributed by atoms with E-state index >= 15 is 0 Å². The monoisotopic (exact) mass is 659 g/mol. The molecule has 2 aromatic rings. The lowest BCUT2D eigenvalue weighted by atomic mass is 9.66. The molecule has 1 amide bonds. The van der Waals surface area contributed by atoms with E-state index in [9.17, 15) is 18.0 Å². The lowest BCUT2D eigenvalue weighted by Crippen LogP contribution is -2.70. The molecule has 9 nitrogen and oxygen atoms in total. The van der Waals surface area contributed by atoms with E-state index in [-0.39, 0.29) is 17.4 Å². The molecule has 2 heterocycles. The third-order valence-electron chi connectivity index (χ3n) is 6.48. The summed E-state index contributed by atoms with van der Waals surface area (Å²) >= 11 is 1.53. The average molecular weight is 660 g/mol. The number of fused-ring (bicyclic) bond motifs is 1. The van der Waals surface area contributed by atoms with E-state index in [1.165, 1.54) is 44.7 Å². The van der Waals surface area contributed by atoms with Crippen LogP contribution in [0.1, 0.15) is 55.4 Å². The van der Waals surface area contributed by atoms with Gasteiger partial charge in [-0.25, -0.2) is 9.78 Å². The molecule has 1 aliphatic rings. The van der Waals surface area contributed by atoms with Gasteiger partial charge in [0, 0.05) is 0 Å². The molecule has 1 radical (unpaired) electrons. The Kier molecular flexibility index (Phi) is 10.1. The van der Waals surface area contributed by atoms with Crippen LogP contribution in [-0.2, 0) is 33.1 Å². The van der Waals surface area contributed by atoms with E-state index in [2.05, 4.69) is 0 Å². The number of ether oxygens (including phenoxy) is 1. The van der Waals surface area contributed by atoms with E-state index in [0.29, 0.717) is 0 Å². The Labute approximate surface area is 257 Å². The number of carbonyl (C=O) groups excluding carboxylic acids is 2. The number of para-hydroxylation sites is 1. The SMILES string of the molecule is C/C(OS(C)(=O)=O)=C(/C(=O)OC(C)(C)C)N1C(=O)C([C@](C)(O[Si](C)C)C(C)(C)C)C1SSc1nc2ccccc2s1. The Morgan fingerprint density at radius 3 is 2.22 bits per heavy atom. The van der Waals surface area contributed by atoms with Gasteiger partial charge < -0.3 is 13.3 Å². The first-order valence-corrected chi connectivity index (χ1v) is 20.2. The van der Waals surface area contributed by atoms with Crippen molar-refractivity contribution in [1.29, 1.82) is 0 Å². The Morgan fingerprint density at radius 2 is 1.71 bits per heavy atom. The molecule has 0 aliphatic carbocycles. The van der Waals surface area contributed by atoms with Crippen LogP contribution >= 0.6 is 32.9 Å². The number of allylic oxidation sites excluding steroid dienone is 1. The second-order valence-electron chi connectivity index (χ2n) is 12.3. The summed E-state index contributed by atoms with van der Waals surface area (Å²) in [5.74, 6) is -2.11. The number of benzene rings is 1. The molecule has 1 saturated heterocycles. The van der Waals surface area contributed by atoms with Crippen molar-refractivity contribution in [1.82, 2.24) is 9.88 Å². The molecule has 3 rings (SSSR count). The highest BCUT2D eigenvalue weighted by atomic mass is 33.1. The standard InChI is InChI=1S/C27H39N2O7S4Si/c1-16(35-40(9,32)33)20(23(31)34-26(5,6)7)29-21(30)19(27(8,25(2,3)4)36-41(10)11)22(29)38-39-24-28-17-14-12-13-15-18(17)37-24/h12-15,19,22H,1-11H3/b20-16+/t19?,22?,27-/m0/s1. The maximum atomic E-state index is 14.2. The Hall–Kier alpha value is -1.58. The number of β-lactam (4-membered cyclic amide) rings is 1. The minimum Gasteiger partial charge on any atom is -0.455 e. The van der Waals surface area contributed by atoms with Crippen LogP contribution in [0, 0.1) is 11.3 Å². The summed E-state index contributed by atoms with van der Waals surface area (Å²) in [5.41, 5.74) is -1.62. The van der Waals surface area contributed by atoms with Crippen LogP contribution in [-0.4, -0.2) is 62.1 Å². The molecule has 1 fully saturated rings. The third-order valence-corrected chi connectivity index (χ3v) is 11.9. The highest BCUT2D eigenvalue weighted by Crippen LogP contribution is 2.55. The zero-order chi connectivity index (χ0) is 31.1. The third kappa shape index (κ3) is 7.88. The Morgan fingerprint density at radius 1 is 1.10 bits per heavy atom. The van der Waals surface area contributed by atoms with Gasteiger partial charge in [0.2, 0.25) is 14.9 Å². The minimum absolute atomic E-state index is 0.238. The quantitative estimate of drug-likeness (QED) is 0.0537. The highest BCUT2D eigenvalue weighted by Gasteiger charge is 2.63. The van der Waals surface area contributed by atoms with Gasteiger partial charge in [-0.3, -0.25) is 9.69 Å². The fraction of sp³-hybridized carbons (Fsp3) is 0.593. The number of hydrogen-bond acceptors (Lipinski definition) is 11. The average Bonchev–Trinajstić information content (AvgIpc) is 3.18. The first-order valence-electron chi connectivity index (χ1n) is 13.0. The molecule has 0 N–H and O–H groups in total. The number of likely N-dealkylation sites (tertiary alicyclic amines) is 1. The van der Waals surface area contributed by atoms with Crippen molar-refractivity contribution in [3.8, 4) is 0 Å². The van der Waals surface area contributed by atoms with Gasteiger partial charge >= 0.3 is 16.1 Å². The van der Waals surface area contributed by atoms with Crippen LogP contribution < -0.4 is 0 Å². The van der Waals surface area contributed by atoms with Gasteiger partial charge in [-0.1, -0.05) is 43.7 Å². The van der Waals surface area contributed by atoms with Crippen LogP contribution in [0.5, 0.6) is 0 Å². The van der Waals surface area contributed by atoms with Crippen molar-refractivity contribution in [3.05, 3.63) is 35.7 Å². The number of amides is 1. The first-order chi connectivity index (χ1) is 18.6.